The second-order valence-corrected chi connectivity index (χ2v) is 13.0. The normalized spacial score (nSPS) is 11.5. The molecule has 0 aliphatic heterocycles. The summed E-state index contributed by atoms with van der Waals surface area (Å²) in [5.41, 5.74) is 7.76. The summed E-state index contributed by atoms with van der Waals surface area (Å²) in [5, 5.41) is 11.2. The van der Waals surface area contributed by atoms with Crippen molar-refractivity contribution in [2.45, 2.75) is 6.18 Å². The minimum absolute atomic E-state index is 0.141. The predicted molar refractivity (Wildman–Crippen MR) is 201 cm³/mol. The fourth-order valence-electron chi connectivity index (χ4n) is 6.17. The van der Waals surface area contributed by atoms with E-state index < -0.39 is 11.7 Å². The van der Waals surface area contributed by atoms with Gasteiger partial charge >= 0.3 is 6.18 Å². The SMILES string of the molecule is Oc1ccccc1-c1nc2c(-c3cc(-c4ccc(C(F)(F)F)cc4)cc(-c4cccc(N(c5ccccc5)c5ccccc5)c4)n3)cccc2s1. The van der Waals surface area contributed by atoms with Gasteiger partial charge in [0.05, 0.1) is 32.7 Å². The van der Waals surface area contributed by atoms with Gasteiger partial charge in [0.1, 0.15) is 10.8 Å². The van der Waals surface area contributed by atoms with Crippen molar-refractivity contribution in [3.05, 3.63) is 169 Å². The molecule has 0 unspecified atom stereocenters. The molecule has 1 N–H and O–H groups in total. The summed E-state index contributed by atoms with van der Waals surface area (Å²) in [4.78, 5) is 12.3. The van der Waals surface area contributed by atoms with Crippen LogP contribution in [0.15, 0.2) is 164 Å². The minimum atomic E-state index is -4.44. The van der Waals surface area contributed by atoms with Gasteiger partial charge in [-0.1, -0.05) is 84.9 Å². The number of hydrogen-bond acceptors (Lipinski definition) is 5. The van der Waals surface area contributed by atoms with Gasteiger partial charge in [0.2, 0.25) is 0 Å². The molecule has 4 nitrogen and oxygen atoms in total. The number of benzene rings is 6. The number of thiazole rings is 1. The molecule has 6 aromatic carbocycles. The maximum absolute atomic E-state index is 13.5. The van der Waals surface area contributed by atoms with Crippen LogP contribution in [0.5, 0.6) is 5.75 Å². The van der Waals surface area contributed by atoms with Crippen molar-refractivity contribution in [2.75, 3.05) is 4.90 Å². The summed E-state index contributed by atoms with van der Waals surface area (Å²) in [7, 11) is 0. The molecule has 2 heterocycles. The largest absolute Gasteiger partial charge is 0.507 e. The zero-order valence-electron chi connectivity index (χ0n) is 26.9. The van der Waals surface area contributed by atoms with Gasteiger partial charge in [-0.3, -0.25) is 0 Å². The van der Waals surface area contributed by atoms with Crippen molar-refractivity contribution in [3.63, 3.8) is 0 Å². The number of phenols is 1. The van der Waals surface area contributed by atoms with Crippen LogP contribution < -0.4 is 4.90 Å². The van der Waals surface area contributed by atoms with Crippen LogP contribution in [0.1, 0.15) is 5.56 Å². The molecule has 0 atom stereocenters. The summed E-state index contributed by atoms with van der Waals surface area (Å²) in [6.07, 6.45) is -4.44. The van der Waals surface area contributed by atoms with E-state index in [1.807, 2.05) is 97.1 Å². The van der Waals surface area contributed by atoms with Crippen molar-refractivity contribution in [2.24, 2.45) is 0 Å². The van der Waals surface area contributed by atoms with Crippen LogP contribution in [0.4, 0.5) is 30.2 Å². The number of alkyl halides is 3. The van der Waals surface area contributed by atoms with Gasteiger partial charge in [-0.2, -0.15) is 13.2 Å². The molecule has 8 aromatic rings. The van der Waals surface area contributed by atoms with Crippen molar-refractivity contribution in [3.8, 4) is 50.0 Å². The van der Waals surface area contributed by atoms with Gasteiger partial charge in [-0.05, 0) is 90.0 Å². The third-order valence-corrected chi connectivity index (χ3v) is 9.68. The van der Waals surface area contributed by atoms with E-state index in [0.717, 1.165) is 50.5 Å². The van der Waals surface area contributed by atoms with Gasteiger partial charge in [0, 0.05) is 28.2 Å². The molecule has 248 valence electrons. The number of aromatic nitrogens is 2. The predicted octanol–water partition coefficient (Wildman–Crippen LogP) is 12.6. The first-order valence-electron chi connectivity index (χ1n) is 16.2. The summed E-state index contributed by atoms with van der Waals surface area (Å²) < 4.78 is 41.4. The van der Waals surface area contributed by atoms with E-state index in [2.05, 4.69) is 35.2 Å². The number of phenolic OH excluding ortho intramolecular Hbond substituents is 1. The van der Waals surface area contributed by atoms with Gasteiger partial charge in [0.25, 0.3) is 0 Å². The Bertz CT molecular complexity index is 2440. The van der Waals surface area contributed by atoms with E-state index in [9.17, 15) is 18.3 Å². The number of halogens is 3. The zero-order valence-corrected chi connectivity index (χ0v) is 27.7. The number of fused-ring (bicyclic) bond motifs is 1. The number of anilines is 3. The Morgan fingerprint density at radius 3 is 1.80 bits per heavy atom. The third-order valence-electron chi connectivity index (χ3n) is 8.63. The molecular formula is C43H28F3N3OS. The smallest absolute Gasteiger partial charge is 0.416 e. The first-order valence-corrected chi connectivity index (χ1v) is 17.0. The highest BCUT2D eigenvalue weighted by molar-refractivity contribution is 7.21. The molecule has 0 amide bonds. The monoisotopic (exact) mass is 691 g/mol. The van der Waals surface area contributed by atoms with Crippen LogP contribution in [0, 0.1) is 0 Å². The van der Waals surface area contributed by atoms with E-state index >= 15 is 0 Å². The summed E-state index contributed by atoms with van der Waals surface area (Å²) in [6, 6.07) is 50.2. The Morgan fingerprint density at radius 2 is 1.12 bits per heavy atom. The molecule has 0 fully saturated rings. The maximum atomic E-state index is 13.5. The Morgan fingerprint density at radius 1 is 0.510 bits per heavy atom. The number of aromatic hydroxyl groups is 1. The Kier molecular flexibility index (Phi) is 8.29. The van der Waals surface area contributed by atoms with Crippen LogP contribution in [0.2, 0.25) is 0 Å². The first-order chi connectivity index (χ1) is 24.8. The number of nitrogens with zero attached hydrogens (tertiary/aromatic N) is 3. The van der Waals surface area contributed by atoms with Crippen LogP contribution in [-0.4, -0.2) is 15.1 Å². The average Bonchev–Trinajstić information content (AvgIpc) is 3.60. The highest BCUT2D eigenvalue weighted by Gasteiger charge is 2.30. The second-order valence-electron chi connectivity index (χ2n) is 11.9. The quantitative estimate of drug-likeness (QED) is 0.181. The van der Waals surface area contributed by atoms with Crippen molar-refractivity contribution in [1.82, 2.24) is 9.97 Å². The summed E-state index contributed by atoms with van der Waals surface area (Å²) in [5.74, 6) is 0.141. The Balaban J connectivity index is 1.30. The fraction of sp³-hybridized carbons (Fsp3) is 0.0233. The highest BCUT2D eigenvalue weighted by atomic mass is 32.1. The van der Waals surface area contributed by atoms with Crippen LogP contribution >= 0.6 is 11.3 Å². The van der Waals surface area contributed by atoms with Crippen LogP contribution in [0.3, 0.4) is 0 Å². The lowest BCUT2D eigenvalue weighted by Crippen LogP contribution is -2.09. The summed E-state index contributed by atoms with van der Waals surface area (Å²) in [6.45, 7) is 0. The van der Waals surface area contributed by atoms with Crippen molar-refractivity contribution >= 4 is 38.6 Å². The highest BCUT2D eigenvalue weighted by Crippen LogP contribution is 2.41. The molecule has 0 aliphatic carbocycles. The average molecular weight is 692 g/mol. The molecule has 0 radical (unpaired) electrons. The zero-order chi connectivity index (χ0) is 35.0. The fourth-order valence-corrected chi connectivity index (χ4v) is 7.19. The van der Waals surface area contributed by atoms with Gasteiger partial charge < -0.3 is 10.0 Å². The van der Waals surface area contributed by atoms with E-state index in [1.54, 1.807) is 12.1 Å². The lowest BCUT2D eigenvalue weighted by molar-refractivity contribution is -0.137. The van der Waals surface area contributed by atoms with Gasteiger partial charge in [0.15, 0.2) is 0 Å². The van der Waals surface area contributed by atoms with Gasteiger partial charge in [-0.25, -0.2) is 9.97 Å². The molecule has 0 saturated heterocycles. The van der Waals surface area contributed by atoms with Gasteiger partial charge in [-0.15, -0.1) is 11.3 Å². The standard InChI is InChI=1S/C43H28F3N3OS/c44-43(45,46)31-23-21-28(22-24-31)30-26-37(29-11-9-16-34(25-29)49(32-12-3-1-4-13-32)33-14-5-2-6-15-33)47-38(27-30)35-18-10-20-40-41(35)48-42(51-40)36-17-7-8-19-39(36)50/h1-27,50H. The maximum Gasteiger partial charge on any atom is 0.416 e. The second kappa shape index (κ2) is 13.2. The number of rotatable bonds is 7. The topological polar surface area (TPSA) is 49.3 Å². The third kappa shape index (κ3) is 6.45. The van der Waals surface area contributed by atoms with Crippen molar-refractivity contribution in [1.29, 1.82) is 0 Å². The molecule has 0 bridgehead atoms. The summed E-state index contributed by atoms with van der Waals surface area (Å²) >= 11 is 1.47. The number of para-hydroxylation sites is 4. The van der Waals surface area contributed by atoms with Crippen LogP contribution in [0.25, 0.3) is 54.4 Å². The molecule has 51 heavy (non-hydrogen) atoms. The van der Waals surface area contributed by atoms with E-state index in [1.165, 1.54) is 23.5 Å². The van der Waals surface area contributed by atoms with E-state index in [-0.39, 0.29) is 5.75 Å². The first kappa shape index (κ1) is 32.0. The minimum Gasteiger partial charge on any atom is -0.507 e. The number of hydrogen-bond donors (Lipinski definition) is 1. The van der Waals surface area contributed by atoms with Crippen molar-refractivity contribution < 1.29 is 18.3 Å². The molecule has 8 rings (SSSR count). The molecule has 2 aromatic heterocycles. The molecular weight excluding hydrogens is 664 g/mol. The Hall–Kier alpha value is -6.25. The molecule has 0 saturated carbocycles. The lowest BCUT2D eigenvalue weighted by Gasteiger charge is -2.26. The molecule has 0 aliphatic rings. The van der Waals surface area contributed by atoms with Crippen LogP contribution in [-0.2, 0) is 6.18 Å². The Labute approximate surface area is 296 Å². The molecule has 8 heteroatoms. The lowest BCUT2D eigenvalue weighted by atomic mass is 9.98. The van der Waals surface area contributed by atoms with E-state index in [0.29, 0.717) is 33.1 Å². The molecule has 0 spiro atoms. The van der Waals surface area contributed by atoms with E-state index in [4.69, 9.17) is 9.97 Å². The number of pyridine rings is 1.